The lowest BCUT2D eigenvalue weighted by Crippen LogP contribution is -2.62. The molecule has 1 aromatic heterocycles. The molecule has 3 aromatic rings. The van der Waals surface area contributed by atoms with Crippen molar-refractivity contribution in [2.75, 3.05) is 5.32 Å². The Labute approximate surface area is 283 Å². The molecule has 0 saturated heterocycles. The van der Waals surface area contributed by atoms with Crippen LogP contribution in [0.2, 0.25) is 0 Å². The van der Waals surface area contributed by atoms with Crippen LogP contribution >= 0.6 is 0 Å². The van der Waals surface area contributed by atoms with Gasteiger partial charge in [0.1, 0.15) is 11.3 Å². The Hall–Kier alpha value is -4.31. The van der Waals surface area contributed by atoms with Gasteiger partial charge in [-0.3, -0.25) is 9.59 Å². The molecule has 0 aliphatic heterocycles. The number of carbonyl (C=O) groups excluding carboxylic acids is 3. The highest BCUT2D eigenvalue weighted by atomic mass is 16.6. The zero-order chi connectivity index (χ0) is 34.7. The lowest BCUT2D eigenvalue weighted by Gasteiger charge is -2.52. The third kappa shape index (κ3) is 8.78. The monoisotopic (exact) mass is 655 g/mol. The van der Waals surface area contributed by atoms with Crippen molar-refractivity contribution < 1.29 is 24.2 Å². The van der Waals surface area contributed by atoms with Gasteiger partial charge in [0.2, 0.25) is 11.8 Å². The second kappa shape index (κ2) is 14.0. The van der Waals surface area contributed by atoms with E-state index >= 15 is 0 Å². The van der Waals surface area contributed by atoms with Gasteiger partial charge in [-0.25, -0.2) is 4.79 Å². The molecule has 2 fully saturated rings. The predicted octanol–water partition coefficient (Wildman–Crippen LogP) is 6.74. The summed E-state index contributed by atoms with van der Waals surface area (Å²) in [4.78, 5) is 37.9. The number of carbonyl (C=O) groups is 3. The maximum Gasteiger partial charge on any atom is 0.408 e. The first-order valence-corrected chi connectivity index (χ1v) is 17.0. The molecule has 10 nitrogen and oxygen atoms in total. The Bertz CT molecular complexity index is 1600. The minimum atomic E-state index is -0.898. The van der Waals surface area contributed by atoms with E-state index in [0.717, 1.165) is 47.9 Å². The zero-order valence-corrected chi connectivity index (χ0v) is 28.9. The summed E-state index contributed by atoms with van der Waals surface area (Å²) in [6, 6.07) is 19.6. The van der Waals surface area contributed by atoms with Crippen LogP contribution in [0, 0.1) is 11.8 Å². The highest BCUT2D eigenvalue weighted by molar-refractivity contribution is 5.91. The first kappa shape index (κ1) is 35.0. The molecule has 5 rings (SSSR count). The van der Waals surface area contributed by atoms with Gasteiger partial charge >= 0.3 is 6.09 Å². The number of aliphatic hydroxyl groups is 1. The van der Waals surface area contributed by atoms with Crippen molar-refractivity contribution >= 4 is 23.7 Å². The summed E-state index contributed by atoms with van der Waals surface area (Å²) in [6.45, 7) is 11.0. The number of amides is 3. The average molecular weight is 656 g/mol. The fourth-order valence-electron chi connectivity index (χ4n) is 6.90. The van der Waals surface area contributed by atoms with Gasteiger partial charge in [0.15, 0.2) is 5.82 Å². The predicted molar refractivity (Wildman–Crippen MR) is 186 cm³/mol. The topological polar surface area (TPSA) is 143 Å². The van der Waals surface area contributed by atoms with Crippen molar-refractivity contribution in [3.63, 3.8) is 0 Å². The SMILES string of the molecule is CC(C)C(=O)NC1CCC(CC(=O)Nc2cc(-c3ccccc3)c(-c3ccc(C4(NC(=O)OC(C)(C)C)CC(C)(O)C4)cc3)nn2)CC1. The molecule has 0 unspecified atom stereocenters. The van der Waals surface area contributed by atoms with Crippen LogP contribution < -0.4 is 16.0 Å². The summed E-state index contributed by atoms with van der Waals surface area (Å²) >= 11 is 0. The minimum absolute atomic E-state index is 0.0348. The third-order valence-corrected chi connectivity index (χ3v) is 9.15. The van der Waals surface area contributed by atoms with Crippen LogP contribution in [-0.2, 0) is 19.9 Å². The van der Waals surface area contributed by atoms with E-state index in [2.05, 4.69) is 26.1 Å². The van der Waals surface area contributed by atoms with Crippen molar-refractivity contribution in [1.29, 1.82) is 0 Å². The summed E-state index contributed by atoms with van der Waals surface area (Å²) in [5.41, 5.74) is 1.79. The lowest BCUT2D eigenvalue weighted by atomic mass is 9.62. The Balaban J connectivity index is 1.31. The highest BCUT2D eigenvalue weighted by Gasteiger charge is 2.53. The fraction of sp³-hybridized carbons (Fsp3) is 0.500. The Morgan fingerprint density at radius 1 is 0.938 bits per heavy atom. The number of hydrogen-bond donors (Lipinski definition) is 4. The van der Waals surface area contributed by atoms with Gasteiger partial charge in [0.05, 0.1) is 11.1 Å². The largest absolute Gasteiger partial charge is 0.444 e. The van der Waals surface area contributed by atoms with Gasteiger partial charge in [0, 0.05) is 42.3 Å². The highest BCUT2D eigenvalue weighted by Crippen LogP contribution is 2.48. The third-order valence-electron chi connectivity index (χ3n) is 9.15. The summed E-state index contributed by atoms with van der Waals surface area (Å²) in [7, 11) is 0. The maximum absolute atomic E-state index is 13.1. The number of aromatic nitrogens is 2. The van der Waals surface area contributed by atoms with E-state index in [-0.39, 0.29) is 29.7 Å². The number of benzene rings is 2. The molecule has 2 aliphatic rings. The van der Waals surface area contributed by atoms with Crippen LogP contribution in [0.4, 0.5) is 10.6 Å². The van der Waals surface area contributed by atoms with E-state index < -0.39 is 22.8 Å². The molecule has 3 amide bonds. The lowest BCUT2D eigenvalue weighted by molar-refractivity contribution is -0.125. The molecular formula is C38H49N5O5. The molecule has 2 aliphatic carbocycles. The molecule has 0 atom stereocenters. The first-order valence-electron chi connectivity index (χ1n) is 17.0. The van der Waals surface area contributed by atoms with Gasteiger partial charge < -0.3 is 25.8 Å². The van der Waals surface area contributed by atoms with Crippen LogP contribution in [-0.4, -0.2) is 50.5 Å². The quantitative estimate of drug-likeness (QED) is 0.200. The number of hydrogen-bond acceptors (Lipinski definition) is 7. The second-order valence-electron chi connectivity index (χ2n) is 15.1. The molecule has 48 heavy (non-hydrogen) atoms. The summed E-state index contributed by atoms with van der Waals surface area (Å²) < 4.78 is 5.53. The van der Waals surface area contributed by atoms with Gasteiger partial charge in [0.25, 0.3) is 0 Å². The standard InChI is InChI=1S/C38H49N5O5/c1-24(2)34(45)39-29-18-12-25(13-19-29)20-32(44)40-31-21-30(26-10-8-7-9-11-26)33(43-42-31)27-14-16-28(17-15-27)38(22-37(6,47)23-38)41-35(46)48-36(3,4)5/h7-11,14-17,21,24-25,29,47H,12-13,18-20,22-23H2,1-6H3,(H,39,45)(H,41,46)(H,40,42,44). The molecule has 256 valence electrons. The van der Waals surface area contributed by atoms with E-state index in [1.165, 1.54) is 0 Å². The van der Waals surface area contributed by atoms with E-state index in [9.17, 15) is 19.5 Å². The summed E-state index contributed by atoms with van der Waals surface area (Å²) in [6.07, 6.45) is 4.11. The normalized spacial score (nSPS) is 23.9. The van der Waals surface area contributed by atoms with Crippen molar-refractivity contribution in [2.24, 2.45) is 11.8 Å². The summed E-state index contributed by atoms with van der Waals surface area (Å²) in [5.74, 6) is 0.579. The molecule has 10 heteroatoms. The van der Waals surface area contributed by atoms with Crippen LogP contribution in [0.25, 0.3) is 22.4 Å². The Morgan fingerprint density at radius 2 is 1.58 bits per heavy atom. The Morgan fingerprint density at radius 3 is 2.17 bits per heavy atom. The van der Waals surface area contributed by atoms with Crippen LogP contribution in [0.5, 0.6) is 0 Å². The molecule has 0 radical (unpaired) electrons. The fourth-order valence-corrected chi connectivity index (χ4v) is 6.90. The van der Waals surface area contributed by atoms with E-state index in [1.807, 2.05) is 95.3 Å². The number of rotatable bonds is 9. The van der Waals surface area contributed by atoms with E-state index in [0.29, 0.717) is 30.8 Å². The van der Waals surface area contributed by atoms with Crippen LogP contribution in [0.3, 0.4) is 0 Å². The number of anilines is 1. The van der Waals surface area contributed by atoms with Crippen LogP contribution in [0.1, 0.15) is 92.1 Å². The first-order chi connectivity index (χ1) is 22.6. The van der Waals surface area contributed by atoms with Gasteiger partial charge in [-0.1, -0.05) is 68.4 Å². The number of ether oxygens (including phenoxy) is 1. The van der Waals surface area contributed by atoms with Gasteiger partial charge in [-0.15, -0.1) is 10.2 Å². The van der Waals surface area contributed by atoms with Crippen molar-refractivity contribution in [3.05, 3.63) is 66.2 Å². The van der Waals surface area contributed by atoms with Crippen molar-refractivity contribution in [2.45, 2.75) is 109 Å². The van der Waals surface area contributed by atoms with Gasteiger partial charge in [-0.05, 0) is 76.5 Å². The zero-order valence-electron chi connectivity index (χ0n) is 28.9. The van der Waals surface area contributed by atoms with Gasteiger partial charge in [-0.2, -0.15) is 0 Å². The van der Waals surface area contributed by atoms with E-state index in [1.54, 1.807) is 6.92 Å². The molecular weight excluding hydrogens is 606 g/mol. The second-order valence-corrected chi connectivity index (χ2v) is 15.1. The maximum atomic E-state index is 13.1. The molecule has 0 bridgehead atoms. The molecule has 4 N–H and O–H groups in total. The summed E-state index contributed by atoms with van der Waals surface area (Å²) in [5, 5.41) is 28.7. The molecule has 2 aromatic carbocycles. The van der Waals surface area contributed by atoms with Crippen molar-refractivity contribution in [1.82, 2.24) is 20.8 Å². The smallest absolute Gasteiger partial charge is 0.408 e. The molecule has 0 spiro atoms. The van der Waals surface area contributed by atoms with Crippen LogP contribution in [0.15, 0.2) is 60.7 Å². The molecule has 1 heterocycles. The number of nitrogens with one attached hydrogen (secondary N) is 3. The number of alkyl carbamates (subject to hydrolysis) is 1. The minimum Gasteiger partial charge on any atom is -0.444 e. The molecule has 2 saturated carbocycles. The van der Waals surface area contributed by atoms with Crippen molar-refractivity contribution in [3.8, 4) is 22.4 Å². The average Bonchev–Trinajstić information content (AvgIpc) is 3.00. The Kier molecular flexibility index (Phi) is 10.2. The van der Waals surface area contributed by atoms with E-state index in [4.69, 9.17) is 4.74 Å². The number of nitrogens with zero attached hydrogens (tertiary/aromatic N) is 2.